The fourth-order valence-corrected chi connectivity index (χ4v) is 2.39. The van der Waals surface area contributed by atoms with E-state index in [1.807, 2.05) is 13.8 Å². The fraction of sp³-hybridized carbons (Fsp3) is 0.412. The lowest BCUT2D eigenvalue weighted by molar-refractivity contribution is 0.981. The Morgan fingerprint density at radius 2 is 1.52 bits per heavy atom. The lowest BCUT2D eigenvalue weighted by atomic mass is 10.1. The van der Waals surface area contributed by atoms with Crippen molar-refractivity contribution in [3.05, 3.63) is 46.8 Å². The van der Waals surface area contributed by atoms with Crippen LogP contribution in [-0.4, -0.2) is 16.5 Å². The van der Waals surface area contributed by atoms with Crippen molar-refractivity contribution in [2.45, 2.75) is 40.7 Å². The van der Waals surface area contributed by atoms with Crippen molar-refractivity contribution in [3.63, 3.8) is 0 Å². The molecule has 0 aliphatic heterocycles. The highest BCUT2D eigenvalue weighted by molar-refractivity contribution is 5.57. The largest absolute Gasteiger partial charge is 0.370 e. The second-order valence-corrected chi connectivity index (χ2v) is 5.10. The standard InChI is InChI=1S/C17H24N4/c1-5-14-9-7-8-10-15(14)11-19-17-12(3)16(18-6-2)20-13(4)21-17/h7-10H,5-6,11H2,1-4H3,(H2,18,19,20,21). The van der Waals surface area contributed by atoms with Crippen LogP contribution in [0.3, 0.4) is 0 Å². The Labute approximate surface area is 127 Å². The summed E-state index contributed by atoms with van der Waals surface area (Å²) in [7, 11) is 0. The smallest absolute Gasteiger partial charge is 0.135 e. The first-order valence-electron chi connectivity index (χ1n) is 7.55. The Bertz CT molecular complexity index is 608. The zero-order valence-corrected chi connectivity index (χ0v) is 13.3. The zero-order valence-electron chi connectivity index (χ0n) is 13.3. The van der Waals surface area contributed by atoms with Gasteiger partial charge in [-0.2, -0.15) is 0 Å². The monoisotopic (exact) mass is 284 g/mol. The van der Waals surface area contributed by atoms with E-state index in [0.29, 0.717) is 0 Å². The summed E-state index contributed by atoms with van der Waals surface area (Å²) in [4.78, 5) is 8.97. The molecule has 2 N–H and O–H groups in total. The summed E-state index contributed by atoms with van der Waals surface area (Å²) < 4.78 is 0. The van der Waals surface area contributed by atoms with Crippen LogP contribution in [0.25, 0.3) is 0 Å². The zero-order chi connectivity index (χ0) is 15.2. The first-order chi connectivity index (χ1) is 10.2. The Hall–Kier alpha value is -2.10. The lowest BCUT2D eigenvalue weighted by Crippen LogP contribution is -2.10. The summed E-state index contributed by atoms with van der Waals surface area (Å²) in [5, 5.41) is 6.74. The Kier molecular flexibility index (Phi) is 5.14. The van der Waals surface area contributed by atoms with Gasteiger partial charge < -0.3 is 10.6 Å². The van der Waals surface area contributed by atoms with Gasteiger partial charge in [-0.05, 0) is 38.3 Å². The van der Waals surface area contributed by atoms with Crippen LogP contribution in [0.1, 0.15) is 36.4 Å². The van der Waals surface area contributed by atoms with Gasteiger partial charge in [0.05, 0.1) is 0 Å². The summed E-state index contributed by atoms with van der Waals surface area (Å²) in [5.41, 5.74) is 3.76. The molecule has 0 fully saturated rings. The lowest BCUT2D eigenvalue weighted by Gasteiger charge is -2.14. The number of nitrogens with zero attached hydrogens (tertiary/aromatic N) is 2. The van der Waals surface area contributed by atoms with Gasteiger partial charge in [0.1, 0.15) is 17.5 Å². The SMILES string of the molecule is CCNc1nc(C)nc(NCc2ccccc2CC)c1C. The molecule has 0 saturated carbocycles. The van der Waals surface area contributed by atoms with Crippen molar-refractivity contribution in [2.75, 3.05) is 17.2 Å². The number of rotatable bonds is 6. The van der Waals surface area contributed by atoms with Crippen LogP contribution in [0.15, 0.2) is 24.3 Å². The summed E-state index contributed by atoms with van der Waals surface area (Å²) in [5.74, 6) is 2.60. The van der Waals surface area contributed by atoms with Gasteiger partial charge in [-0.1, -0.05) is 31.2 Å². The van der Waals surface area contributed by atoms with E-state index in [0.717, 1.165) is 42.5 Å². The Balaban J connectivity index is 2.20. The minimum Gasteiger partial charge on any atom is -0.370 e. The van der Waals surface area contributed by atoms with Gasteiger partial charge in [0.25, 0.3) is 0 Å². The van der Waals surface area contributed by atoms with Gasteiger partial charge in [-0.3, -0.25) is 0 Å². The molecule has 1 aromatic heterocycles. The first-order valence-corrected chi connectivity index (χ1v) is 7.55. The van der Waals surface area contributed by atoms with E-state index in [-0.39, 0.29) is 0 Å². The van der Waals surface area contributed by atoms with Gasteiger partial charge in [0.15, 0.2) is 0 Å². The van der Waals surface area contributed by atoms with Crippen LogP contribution < -0.4 is 10.6 Å². The molecule has 4 heteroatoms. The number of hydrogen-bond acceptors (Lipinski definition) is 4. The number of aryl methyl sites for hydroxylation is 2. The quantitative estimate of drug-likeness (QED) is 0.849. The first kappa shape index (κ1) is 15.3. The van der Waals surface area contributed by atoms with Crippen LogP contribution in [0.2, 0.25) is 0 Å². The van der Waals surface area contributed by atoms with E-state index in [1.54, 1.807) is 0 Å². The van der Waals surface area contributed by atoms with Gasteiger partial charge in [0, 0.05) is 18.7 Å². The molecule has 0 radical (unpaired) electrons. The highest BCUT2D eigenvalue weighted by Crippen LogP contribution is 2.21. The minimum atomic E-state index is 0.780. The molecule has 0 amide bonds. The van der Waals surface area contributed by atoms with Crippen LogP contribution in [0.5, 0.6) is 0 Å². The number of nitrogens with one attached hydrogen (secondary N) is 2. The van der Waals surface area contributed by atoms with Crippen molar-refractivity contribution in [1.29, 1.82) is 0 Å². The van der Waals surface area contributed by atoms with E-state index in [4.69, 9.17) is 0 Å². The van der Waals surface area contributed by atoms with Crippen LogP contribution >= 0.6 is 0 Å². The van der Waals surface area contributed by atoms with E-state index >= 15 is 0 Å². The number of aromatic nitrogens is 2. The number of hydrogen-bond donors (Lipinski definition) is 2. The van der Waals surface area contributed by atoms with Crippen LogP contribution in [-0.2, 0) is 13.0 Å². The number of benzene rings is 1. The van der Waals surface area contributed by atoms with E-state index in [9.17, 15) is 0 Å². The third kappa shape index (κ3) is 3.72. The summed E-state index contributed by atoms with van der Waals surface area (Å²) in [6, 6.07) is 8.52. The van der Waals surface area contributed by atoms with Crippen molar-refractivity contribution < 1.29 is 0 Å². The van der Waals surface area contributed by atoms with Crippen LogP contribution in [0.4, 0.5) is 11.6 Å². The van der Waals surface area contributed by atoms with Crippen molar-refractivity contribution >= 4 is 11.6 Å². The highest BCUT2D eigenvalue weighted by Gasteiger charge is 2.09. The molecular weight excluding hydrogens is 260 g/mol. The predicted octanol–water partition coefficient (Wildman–Crippen LogP) is 3.70. The Morgan fingerprint density at radius 3 is 2.14 bits per heavy atom. The van der Waals surface area contributed by atoms with Gasteiger partial charge in [-0.25, -0.2) is 9.97 Å². The molecule has 0 atom stereocenters. The molecule has 0 spiro atoms. The maximum Gasteiger partial charge on any atom is 0.135 e. The molecule has 0 aliphatic rings. The third-order valence-corrected chi connectivity index (χ3v) is 3.55. The minimum absolute atomic E-state index is 0.780. The topological polar surface area (TPSA) is 49.8 Å². The maximum absolute atomic E-state index is 4.52. The average molecular weight is 284 g/mol. The summed E-state index contributed by atoms with van der Waals surface area (Å²) in [6.07, 6.45) is 1.04. The molecule has 0 unspecified atom stereocenters. The molecule has 0 bridgehead atoms. The molecule has 21 heavy (non-hydrogen) atoms. The molecule has 0 aliphatic carbocycles. The van der Waals surface area contributed by atoms with Gasteiger partial charge in [0.2, 0.25) is 0 Å². The second kappa shape index (κ2) is 7.07. The average Bonchev–Trinajstić information content (AvgIpc) is 2.49. The van der Waals surface area contributed by atoms with E-state index in [2.05, 4.69) is 58.7 Å². The van der Waals surface area contributed by atoms with Gasteiger partial charge >= 0.3 is 0 Å². The molecule has 0 saturated heterocycles. The van der Waals surface area contributed by atoms with Crippen LogP contribution in [0, 0.1) is 13.8 Å². The fourth-order valence-electron chi connectivity index (χ4n) is 2.39. The molecular formula is C17H24N4. The highest BCUT2D eigenvalue weighted by atomic mass is 15.1. The van der Waals surface area contributed by atoms with E-state index in [1.165, 1.54) is 11.1 Å². The third-order valence-electron chi connectivity index (χ3n) is 3.55. The van der Waals surface area contributed by atoms with E-state index < -0.39 is 0 Å². The van der Waals surface area contributed by atoms with Crippen molar-refractivity contribution in [1.82, 2.24) is 9.97 Å². The number of anilines is 2. The molecule has 1 aromatic carbocycles. The molecule has 2 aromatic rings. The van der Waals surface area contributed by atoms with Gasteiger partial charge in [-0.15, -0.1) is 0 Å². The molecule has 112 valence electrons. The predicted molar refractivity (Wildman–Crippen MR) is 88.8 cm³/mol. The Morgan fingerprint density at radius 1 is 0.905 bits per heavy atom. The maximum atomic E-state index is 4.52. The molecule has 1 heterocycles. The molecule has 4 nitrogen and oxygen atoms in total. The normalized spacial score (nSPS) is 10.5. The molecule has 2 rings (SSSR count). The summed E-state index contributed by atoms with van der Waals surface area (Å²) >= 11 is 0. The summed E-state index contributed by atoms with van der Waals surface area (Å²) in [6.45, 7) is 9.86. The van der Waals surface area contributed by atoms with Crippen molar-refractivity contribution in [2.24, 2.45) is 0 Å². The van der Waals surface area contributed by atoms with Crippen molar-refractivity contribution in [3.8, 4) is 0 Å². The second-order valence-electron chi connectivity index (χ2n) is 5.10.